The van der Waals surface area contributed by atoms with E-state index in [2.05, 4.69) is 12.6 Å². The molecule has 1 aromatic carbocycles. The molecular formula is C32H30Cl3F2N7O2. The number of nitrogen functional groups attached to an aromatic ring is 1. The zero-order chi connectivity index (χ0) is 33.8. The van der Waals surface area contributed by atoms with Crippen molar-refractivity contribution < 1.29 is 13.6 Å². The molecule has 1 atom stereocenters. The van der Waals surface area contributed by atoms with Gasteiger partial charge in [-0.15, -0.1) is 0 Å². The van der Waals surface area contributed by atoms with Crippen molar-refractivity contribution in [3.63, 3.8) is 0 Å². The van der Waals surface area contributed by atoms with Gasteiger partial charge in [-0.1, -0.05) is 55.2 Å². The van der Waals surface area contributed by atoms with Crippen molar-refractivity contribution in [2.24, 2.45) is 5.92 Å². The molecule has 5 rings (SSSR count). The molecule has 14 heteroatoms. The number of hydrogen-bond acceptors (Lipinski definition) is 7. The molecule has 0 radical (unpaired) electrons. The maximum absolute atomic E-state index is 15.5. The third kappa shape index (κ3) is 5.28. The van der Waals surface area contributed by atoms with Crippen molar-refractivity contribution >= 4 is 68.8 Å². The number of benzene rings is 1. The highest BCUT2D eigenvalue weighted by molar-refractivity contribution is 6.41. The van der Waals surface area contributed by atoms with Gasteiger partial charge in [-0.05, 0) is 42.8 Å². The summed E-state index contributed by atoms with van der Waals surface area (Å²) in [4.78, 5) is 36.9. The number of amides is 1. The highest BCUT2D eigenvalue weighted by atomic mass is 35.5. The maximum atomic E-state index is 15.5. The molecule has 2 aliphatic heterocycles. The Bertz CT molecular complexity index is 1950. The van der Waals surface area contributed by atoms with Gasteiger partial charge in [0.05, 0.1) is 44.4 Å². The molecule has 240 valence electrons. The van der Waals surface area contributed by atoms with Crippen molar-refractivity contribution in [3.8, 4) is 17.3 Å². The van der Waals surface area contributed by atoms with E-state index in [1.165, 1.54) is 16.7 Å². The smallest absolute Gasteiger partial charge is 0.276 e. The Labute approximate surface area is 279 Å². The van der Waals surface area contributed by atoms with Crippen molar-refractivity contribution in [1.82, 2.24) is 19.4 Å². The van der Waals surface area contributed by atoms with Gasteiger partial charge in [0.15, 0.2) is 11.6 Å². The highest BCUT2D eigenvalue weighted by Crippen LogP contribution is 2.44. The Morgan fingerprint density at radius 3 is 2.41 bits per heavy atom. The monoisotopic (exact) mass is 687 g/mol. The number of fused-ring (bicyclic) bond motifs is 1. The molecule has 4 heterocycles. The van der Waals surface area contributed by atoms with Gasteiger partial charge < -0.3 is 20.4 Å². The van der Waals surface area contributed by atoms with E-state index in [1.54, 1.807) is 4.90 Å². The molecule has 1 unspecified atom stereocenters. The number of piperazine rings is 1. The van der Waals surface area contributed by atoms with E-state index < -0.39 is 38.5 Å². The lowest BCUT2D eigenvalue weighted by molar-refractivity contribution is -0.126. The van der Waals surface area contributed by atoms with Crippen LogP contribution >= 0.6 is 34.8 Å². The number of halogens is 5. The zero-order valence-corrected chi connectivity index (χ0v) is 27.7. The molecular weight excluding hydrogens is 659 g/mol. The Morgan fingerprint density at radius 1 is 1.17 bits per heavy atom. The molecule has 9 nitrogen and oxygen atoms in total. The lowest BCUT2D eigenvalue weighted by Crippen LogP contribution is -2.49. The van der Waals surface area contributed by atoms with Crippen LogP contribution in [0.2, 0.25) is 15.1 Å². The fraction of sp³-hybridized carbons (Fsp3) is 0.312. The fourth-order valence-electron chi connectivity index (χ4n) is 6.16. The van der Waals surface area contributed by atoms with Crippen LogP contribution in [0, 0.1) is 28.9 Å². The number of aromatic nitrogens is 2. The molecule has 0 saturated carbocycles. The van der Waals surface area contributed by atoms with Gasteiger partial charge in [0.1, 0.15) is 22.3 Å². The van der Waals surface area contributed by atoms with E-state index in [0.29, 0.717) is 24.2 Å². The van der Waals surface area contributed by atoms with Crippen LogP contribution < -0.4 is 16.2 Å². The number of allylic oxidation sites excluding steroid dienone is 2. The number of anilines is 2. The quantitative estimate of drug-likeness (QED) is 0.145. The summed E-state index contributed by atoms with van der Waals surface area (Å²) in [6.07, 6.45) is 4.96. The average molecular weight is 689 g/mol. The third-order valence-corrected chi connectivity index (χ3v) is 9.41. The summed E-state index contributed by atoms with van der Waals surface area (Å²) in [6, 6.07) is 3.21. The number of rotatable bonds is 5. The molecule has 2 N–H and O–H groups in total. The second kappa shape index (κ2) is 12.6. The van der Waals surface area contributed by atoms with E-state index in [9.17, 15) is 19.2 Å². The Kier molecular flexibility index (Phi) is 9.10. The molecule has 2 aliphatic rings. The van der Waals surface area contributed by atoms with Crippen LogP contribution in [0.5, 0.6) is 0 Å². The maximum Gasteiger partial charge on any atom is 0.276 e. The normalized spacial score (nSPS) is 16.9. The minimum Gasteiger partial charge on any atom is -0.396 e. The van der Waals surface area contributed by atoms with E-state index in [1.807, 2.05) is 49.9 Å². The summed E-state index contributed by atoms with van der Waals surface area (Å²) in [5, 5.41) is 9.53. The topological polar surface area (TPSA) is 111 Å². The molecule has 0 aliphatic carbocycles. The van der Waals surface area contributed by atoms with E-state index >= 15 is 4.39 Å². The zero-order valence-electron chi connectivity index (χ0n) is 25.5. The highest BCUT2D eigenvalue weighted by Gasteiger charge is 2.34. The van der Waals surface area contributed by atoms with Crippen molar-refractivity contribution in [2.45, 2.75) is 26.8 Å². The third-order valence-electron chi connectivity index (χ3n) is 8.36. The first-order valence-electron chi connectivity index (χ1n) is 14.3. The van der Waals surface area contributed by atoms with Crippen LogP contribution in [0.15, 0.2) is 41.4 Å². The van der Waals surface area contributed by atoms with Gasteiger partial charge in [0.25, 0.3) is 5.56 Å². The largest absolute Gasteiger partial charge is 0.396 e. The molecule has 1 saturated heterocycles. The summed E-state index contributed by atoms with van der Waals surface area (Å²) in [5.41, 5.74) is 5.47. The number of nitrogens with zero attached hydrogens (tertiary/aromatic N) is 6. The van der Waals surface area contributed by atoms with Crippen LogP contribution in [0.3, 0.4) is 0 Å². The van der Waals surface area contributed by atoms with Crippen LogP contribution in [0.1, 0.15) is 26.3 Å². The predicted octanol–water partition coefficient (Wildman–Crippen LogP) is 6.31. The molecule has 46 heavy (non-hydrogen) atoms. The van der Waals surface area contributed by atoms with E-state index in [0.717, 1.165) is 5.57 Å². The van der Waals surface area contributed by atoms with Crippen LogP contribution in [-0.2, 0) is 4.79 Å². The number of nitriles is 1. The lowest BCUT2D eigenvalue weighted by Gasteiger charge is -2.38. The number of hydrogen-bond donors (Lipinski definition) is 1. The minimum absolute atomic E-state index is 0.00800. The molecule has 1 fully saturated rings. The second-order valence-electron chi connectivity index (χ2n) is 11.5. The number of carbonyl (C=O) groups excluding carboxylic acids is 1. The summed E-state index contributed by atoms with van der Waals surface area (Å²) in [7, 11) is 1.87. The Hall–Kier alpha value is -4.11. The van der Waals surface area contributed by atoms with Crippen molar-refractivity contribution in [3.05, 3.63) is 79.2 Å². The fourth-order valence-corrected chi connectivity index (χ4v) is 6.90. The summed E-state index contributed by atoms with van der Waals surface area (Å²) < 4.78 is 31.7. The Morgan fingerprint density at radius 2 is 1.83 bits per heavy atom. The van der Waals surface area contributed by atoms with Gasteiger partial charge in [0, 0.05) is 38.6 Å². The average Bonchev–Trinajstić information content (AvgIpc) is 3.03. The van der Waals surface area contributed by atoms with E-state index in [4.69, 9.17) is 45.5 Å². The lowest BCUT2D eigenvalue weighted by atomic mass is 9.93. The molecule has 2 aromatic heterocycles. The summed E-state index contributed by atoms with van der Waals surface area (Å²) in [5.74, 6) is -3.09. The molecule has 3 aromatic rings. The number of likely N-dealkylation sites (N-methyl/N-ethyl adjacent to an activating group) is 1. The number of carbonyl (C=O) groups is 1. The molecule has 1 amide bonds. The predicted molar refractivity (Wildman–Crippen MR) is 179 cm³/mol. The first-order valence-corrected chi connectivity index (χ1v) is 15.5. The summed E-state index contributed by atoms with van der Waals surface area (Å²) >= 11 is 19.0. The van der Waals surface area contributed by atoms with Crippen molar-refractivity contribution in [1.29, 1.82) is 5.26 Å². The SMILES string of the molecule is C=CC(=O)N1CCN(c2c(C#N)c(=O)n(C3=C(C)C=CN(C)C3C(C)C)c3nc(-c4c(F)c(F)c(Cl)c(N)c4Cl)c(Cl)cc23)CC1. The van der Waals surface area contributed by atoms with Gasteiger partial charge in [-0.2, -0.15) is 5.26 Å². The summed E-state index contributed by atoms with van der Waals surface area (Å²) in [6.45, 7) is 10.6. The number of nitrogens with two attached hydrogens (primary N) is 1. The van der Waals surface area contributed by atoms with Gasteiger partial charge in [-0.25, -0.2) is 13.8 Å². The van der Waals surface area contributed by atoms with Crippen LogP contribution in [0.4, 0.5) is 20.2 Å². The van der Waals surface area contributed by atoms with Gasteiger partial charge in [-0.3, -0.25) is 14.2 Å². The van der Waals surface area contributed by atoms with Crippen LogP contribution in [0.25, 0.3) is 28.0 Å². The molecule has 0 bridgehead atoms. The first-order chi connectivity index (χ1) is 21.7. The van der Waals surface area contributed by atoms with Crippen molar-refractivity contribution in [2.75, 3.05) is 43.9 Å². The molecule has 0 spiro atoms. The van der Waals surface area contributed by atoms with Gasteiger partial charge in [0.2, 0.25) is 5.91 Å². The minimum atomic E-state index is -1.43. The second-order valence-corrected chi connectivity index (χ2v) is 12.6. The number of pyridine rings is 2. The first kappa shape index (κ1) is 33.3. The van der Waals surface area contributed by atoms with E-state index in [-0.39, 0.29) is 58.6 Å². The van der Waals surface area contributed by atoms with Gasteiger partial charge >= 0.3 is 0 Å². The standard InChI is InChI=1S/C32H30Cl3F2N7O2/c1-6-20(45)42-9-11-43(12-10-42)30-17-13-19(33)27(21-22(34)26(39)23(35)25(37)24(21)36)40-31(17)44(32(46)18(30)14-38)29-16(4)7-8-41(5)28(29)15(2)3/h6-8,13,15,28H,1,9-12,39H2,2-5H3. The Balaban J connectivity index is 1.91. The van der Waals surface area contributed by atoms with Crippen LogP contribution in [-0.4, -0.2) is 64.5 Å².